The second-order valence-electron chi connectivity index (χ2n) is 3.27. The van der Waals surface area contributed by atoms with Gasteiger partial charge >= 0.3 is 0 Å². The normalized spacial score (nSPS) is 18.4. The molecule has 1 rings (SSSR count). The highest BCUT2D eigenvalue weighted by Crippen LogP contribution is 2.36. The maximum absolute atomic E-state index is 11.2. The summed E-state index contributed by atoms with van der Waals surface area (Å²) in [7, 11) is -6.52. The SMILES string of the molecule is CP(=O)(O)c1ccc(P(C)(=O)O)cc1.[AlH3]. The molecule has 0 aliphatic heterocycles. The summed E-state index contributed by atoms with van der Waals surface area (Å²) >= 11 is 0. The van der Waals surface area contributed by atoms with Crippen LogP contribution in [0.15, 0.2) is 24.3 Å². The van der Waals surface area contributed by atoms with Crippen LogP contribution in [0.1, 0.15) is 0 Å². The third-order valence-corrected chi connectivity index (χ3v) is 4.32. The molecule has 0 saturated carbocycles. The van der Waals surface area contributed by atoms with E-state index in [1.807, 2.05) is 0 Å². The predicted octanol–water partition coefficient (Wildman–Crippen LogP) is -0.446. The van der Waals surface area contributed by atoms with E-state index in [0.717, 1.165) is 0 Å². The largest absolute Gasteiger partial charge is 0.341 e. The lowest BCUT2D eigenvalue weighted by atomic mass is 10.4. The Labute approximate surface area is 99.4 Å². The molecule has 0 fully saturated rings. The molecule has 0 heterocycles. The van der Waals surface area contributed by atoms with Crippen molar-refractivity contribution in [1.29, 1.82) is 0 Å². The zero-order valence-electron chi connectivity index (χ0n) is 7.91. The Balaban J connectivity index is 0.00000196. The quantitative estimate of drug-likeness (QED) is 0.560. The zero-order valence-corrected chi connectivity index (χ0v) is 9.70. The molecule has 2 atom stereocenters. The van der Waals surface area contributed by atoms with Crippen molar-refractivity contribution >= 4 is 42.7 Å². The van der Waals surface area contributed by atoms with Crippen molar-refractivity contribution in [3.05, 3.63) is 24.3 Å². The fourth-order valence-electron chi connectivity index (χ4n) is 1.01. The molecule has 0 aromatic heterocycles. The third-order valence-electron chi connectivity index (χ3n) is 1.81. The minimum absolute atomic E-state index is 0. The van der Waals surface area contributed by atoms with Gasteiger partial charge in [-0.05, 0) is 24.3 Å². The van der Waals surface area contributed by atoms with Crippen LogP contribution in [0.3, 0.4) is 0 Å². The van der Waals surface area contributed by atoms with Crippen molar-refractivity contribution < 1.29 is 18.9 Å². The van der Waals surface area contributed by atoms with E-state index >= 15 is 0 Å². The maximum Gasteiger partial charge on any atom is 0.226 e. The van der Waals surface area contributed by atoms with Gasteiger partial charge in [0.25, 0.3) is 0 Å². The van der Waals surface area contributed by atoms with Crippen molar-refractivity contribution in [3.8, 4) is 0 Å². The van der Waals surface area contributed by atoms with Gasteiger partial charge in [-0.2, -0.15) is 0 Å². The molecule has 1 aromatic carbocycles. The van der Waals surface area contributed by atoms with Gasteiger partial charge in [0.15, 0.2) is 17.4 Å². The van der Waals surface area contributed by atoms with Crippen molar-refractivity contribution in [1.82, 2.24) is 0 Å². The van der Waals surface area contributed by atoms with Crippen LogP contribution in [-0.4, -0.2) is 40.5 Å². The van der Waals surface area contributed by atoms with Gasteiger partial charge in [0.1, 0.15) is 0 Å². The smallest absolute Gasteiger partial charge is 0.226 e. The third kappa shape index (κ3) is 4.25. The summed E-state index contributed by atoms with van der Waals surface area (Å²) in [5, 5.41) is 0.574. The van der Waals surface area contributed by atoms with E-state index in [9.17, 15) is 18.9 Å². The van der Waals surface area contributed by atoms with Gasteiger partial charge in [-0.15, -0.1) is 0 Å². The molecule has 0 aliphatic rings. The number of hydrogen-bond acceptors (Lipinski definition) is 2. The Hall–Kier alpha value is 0.132. The average Bonchev–Trinajstić information content (AvgIpc) is 2.01. The van der Waals surface area contributed by atoms with E-state index in [2.05, 4.69) is 0 Å². The highest BCUT2D eigenvalue weighted by Gasteiger charge is 2.17. The molecule has 2 unspecified atom stereocenters. The lowest BCUT2D eigenvalue weighted by Gasteiger charge is -2.08. The average molecular weight is 264 g/mol. The molecule has 0 amide bonds. The molecule has 0 saturated heterocycles. The highest BCUT2D eigenvalue weighted by molar-refractivity contribution is 7.66. The first kappa shape index (κ1) is 15.1. The van der Waals surface area contributed by atoms with Crippen LogP contribution in [0.2, 0.25) is 0 Å². The minimum atomic E-state index is -3.26. The van der Waals surface area contributed by atoms with Crippen LogP contribution >= 0.6 is 14.7 Å². The van der Waals surface area contributed by atoms with Crippen LogP contribution in [-0.2, 0) is 9.13 Å². The van der Waals surface area contributed by atoms with E-state index in [0.29, 0.717) is 0 Å². The van der Waals surface area contributed by atoms with Crippen molar-refractivity contribution in [2.75, 3.05) is 13.3 Å². The second kappa shape index (κ2) is 4.98. The molecular formula is C8H15AlO4P2. The van der Waals surface area contributed by atoms with E-state index in [-0.39, 0.29) is 28.0 Å². The van der Waals surface area contributed by atoms with Gasteiger partial charge in [-0.1, -0.05) is 0 Å². The standard InChI is InChI=1S/C8H12O4P2.Al.3H/c1-13(9,10)7-3-5-8(6-4-7)14(2,11)12;;;;/h3-6H,1-2H3,(H,9,10)(H,11,12);;;;. The molecule has 4 nitrogen and oxygen atoms in total. The first-order valence-corrected chi connectivity index (χ1v) is 8.14. The van der Waals surface area contributed by atoms with Gasteiger partial charge in [0.2, 0.25) is 14.7 Å². The topological polar surface area (TPSA) is 74.6 Å². The van der Waals surface area contributed by atoms with Crippen LogP contribution in [0.25, 0.3) is 0 Å². The van der Waals surface area contributed by atoms with Crippen LogP contribution < -0.4 is 10.6 Å². The number of hydrogen-bond donors (Lipinski definition) is 2. The molecular weight excluding hydrogens is 249 g/mol. The fraction of sp³-hybridized carbons (Fsp3) is 0.250. The lowest BCUT2D eigenvalue weighted by Crippen LogP contribution is -2.09. The summed E-state index contributed by atoms with van der Waals surface area (Å²) in [6.07, 6.45) is 0. The van der Waals surface area contributed by atoms with Gasteiger partial charge in [-0.3, -0.25) is 9.13 Å². The van der Waals surface area contributed by atoms with Gasteiger partial charge in [-0.25, -0.2) is 0 Å². The second-order valence-corrected chi connectivity index (χ2v) is 7.82. The molecule has 2 N–H and O–H groups in total. The van der Waals surface area contributed by atoms with Gasteiger partial charge in [0, 0.05) is 23.9 Å². The fourth-order valence-corrected chi connectivity index (χ4v) is 2.41. The van der Waals surface area contributed by atoms with Crippen LogP contribution in [0.5, 0.6) is 0 Å². The summed E-state index contributed by atoms with van der Waals surface area (Å²) in [6.45, 7) is 2.46. The molecule has 0 spiro atoms. The summed E-state index contributed by atoms with van der Waals surface area (Å²) in [6, 6.07) is 5.62. The minimum Gasteiger partial charge on any atom is -0.341 e. The highest BCUT2D eigenvalue weighted by atomic mass is 31.2. The van der Waals surface area contributed by atoms with E-state index in [4.69, 9.17) is 0 Å². The summed E-state index contributed by atoms with van der Waals surface area (Å²) in [5.74, 6) is 0. The van der Waals surface area contributed by atoms with E-state index < -0.39 is 14.7 Å². The van der Waals surface area contributed by atoms with Crippen LogP contribution in [0, 0.1) is 0 Å². The Morgan fingerprint density at radius 3 is 1.20 bits per heavy atom. The molecule has 7 heteroatoms. The summed E-state index contributed by atoms with van der Waals surface area (Å²) in [5.41, 5.74) is 0. The number of benzene rings is 1. The first-order valence-electron chi connectivity index (χ1n) is 3.93. The van der Waals surface area contributed by atoms with Gasteiger partial charge in [0.05, 0.1) is 0 Å². The summed E-state index contributed by atoms with van der Waals surface area (Å²) < 4.78 is 22.4. The Kier molecular flexibility index (Phi) is 5.02. The monoisotopic (exact) mass is 264 g/mol. The Morgan fingerprint density at radius 1 is 0.867 bits per heavy atom. The first-order chi connectivity index (χ1) is 6.21. The molecule has 0 bridgehead atoms. The lowest BCUT2D eigenvalue weighted by molar-refractivity contribution is 0.494. The van der Waals surface area contributed by atoms with Crippen molar-refractivity contribution in [2.24, 2.45) is 0 Å². The Morgan fingerprint density at radius 2 is 1.07 bits per heavy atom. The van der Waals surface area contributed by atoms with Gasteiger partial charge < -0.3 is 9.79 Å². The maximum atomic E-state index is 11.2. The summed E-state index contributed by atoms with van der Waals surface area (Å²) in [4.78, 5) is 18.4. The Bertz CT molecular complexity index is 376. The van der Waals surface area contributed by atoms with E-state index in [1.165, 1.54) is 37.6 Å². The molecule has 0 radical (unpaired) electrons. The predicted molar refractivity (Wildman–Crippen MR) is 67.1 cm³/mol. The van der Waals surface area contributed by atoms with Crippen LogP contribution in [0.4, 0.5) is 0 Å². The van der Waals surface area contributed by atoms with E-state index in [1.54, 1.807) is 0 Å². The molecule has 84 valence electrons. The molecule has 15 heavy (non-hydrogen) atoms. The van der Waals surface area contributed by atoms with Crippen molar-refractivity contribution in [2.45, 2.75) is 0 Å². The van der Waals surface area contributed by atoms with Crippen molar-refractivity contribution in [3.63, 3.8) is 0 Å². The number of rotatable bonds is 2. The zero-order chi connectivity index (χ0) is 11.0. The molecule has 1 aromatic rings. The molecule has 0 aliphatic carbocycles.